The molecule has 2 aromatic carbocycles. The molecule has 2 heterocycles. The molecule has 0 bridgehead atoms. The molecule has 0 saturated carbocycles. The Balaban J connectivity index is 1.69. The fraction of sp³-hybridized carbons (Fsp3) is 0.136. The summed E-state index contributed by atoms with van der Waals surface area (Å²) in [5, 5.41) is 2.00. The van der Waals surface area contributed by atoms with Crippen molar-refractivity contribution in [2.24, 2.45) is 0 Å². The van der Waals surface area contributed by atoms with E-state index in [0.29, 0.717) is 28.2 Å². The van der Waals surface area contributed by atoms with E-state index in [2.05, 4.69) is 16.5 Å². The van der Waals surface area contributed by atoms with Crippen molar-refractivity contribution < 1.29 is 4.79 Å². The van der Waals surface area contributed by atoms with E-state index in [-0.39, 0.29) is 17.1 Å². The smallest absolute Gasteiger partial charge is 0.262 e. The Morgan fingerprint density at radius 1 is 1.18 bits per heavy atom. The normalized spacial score (nSPS) is 11.2. The first kappa shape index (κ1) is 18.3. The Labute approximate surface area is 166 Å². The lowest BCUT2D eigenvalue weighted by atomic mass is 10.1. The summed E-state index contributed by atoms with van der Waals surface area (Å²) in [6, 6.07) is 15.0. The molecule has 1 N–H and O–H groups in total. The number of aromatic nitrogens is 3. The molecule has 4 rings (SSSR count). The number of aryl methyl sites for hydroxylation is 1. The average molecular weight is 389 g/mol. The molecule has 28 heavy (non-hydrogen) atoms. The Bertz CT molecular complexity index is 1270. The van der Waals surface area contributed by atoms with Gasteiger partial charge in [0, 0.05) is 28.7 Å². The molecule has 0 spiro atoms. The second kappa shape index (κ2) is 7.48. The first-order valence-corrected chi connectivity index (χ1v) is 9.92. The number of Topliss-reactive ketones (excluding diaryl/α,β-unsaturated/α-hetero) is 1. The fourth-order valence-electron chi connectivity index (χ4n) is 3.39. The molecule has 140 valence electrons. The molecule has 0 unspecified atom stereocenters. The SMILES string of the molecule is C=CCn1c(SCC(=O)c2c(C)[nH]c3ccccc23)nc2ccccc2c1=O. The van der Waals surface area contributed by atoms with Gasteiger partial charge >= 0.3 is 0 Å². The van der Waals surface area contributed by atoms with Gasteiger partial charge in [0.25, 0.3) is 5.56 Å². The maximum atomic E-state index is 13.0. The van der Waals surface area contributed by atoms with E-state index in [9.17, 15) is 9.59 Å². The van der Waals surface area contributed by atoms with Crippen LogP contribution in [0.1, 0.15) is 16.1 Å². The van der Waals surface area contributed by atoms with Gasteiger partial charge in [-0.3, -0.25) is 14.2 Å². The van der Waals surface area contributed by atoms with E-state index in [4.69, 9.17) is 0 Å². The van der Waals surface area contributed by atoms with Gasteiger partial charge in [0.05, 0.1) is 16.7 Å². The Hall–Kier alpha value is -3.12. The molecule has 0 aliphatic heterocycles. The van der Waals surface area contributed by atoms with Crippen molar-refractivity contribution >= 4 is 39.4 Å². The zero-order chi connectivity index (χ0) is 19.7. The number of hydrogen-bond donors (Lipinski definition) is 1. The highest BCUT2D eigenvalue weighted by Crippen LogP contribution is 2.25. The maximum Gasteiger partial charge on any atom is 0.262 e. The number of benzene rings is 2. The van der Waals surface area contributed by atoms with E-state index in [1.54, 1.807) is 16.7 Å². The summed E-state index contributed by atoms with van der Waals surface area (Å²) in [7, 11) is 0. The molecule has 5 nitrogen and oxygen atoms in total. The number of fused-ring (bicyclic) bond motifs is 2. The topological polar surface area (TPSA) is 67.8 Å². The minimum absolute atomic E-state index is 0.00695. The summed E-state index contributed by atoms with van der Waals surface area (Å²) >= 11 is 1.28. The molecule has 2 aromatic heterocycles. The number of hydrogen-bond acceptors (Lipinski definition) is 4. The van der Waals surface area contributed by atoms with Gasteiger partial charge in [-0.15, -0.1) is 6.58 Å². The molecule has 0 saturated heterocycles. The van der Waals surface area contributed by atoms with Crippen LogP contribution in [0.4, 0.5) is 0 Å². The second-order valence-electron chi connectivity index (χ2n) is 6.50. The van der Waals surface area contributed by atoms with Crippen molar-refractivity contribution in [2.45, 2.75) is 18.6 Å². The van der Waals surface area contributed by atoms with Crippen LogP contribution in [0.15, 0.2) is 71.1 Å². The van der Waals surface area contributed by atoms with Gasteiger partial charge in [0.1, 0.15) is 0 Å². The molecule has 6 heteroatoms. The van der Waals surface area contributed by atoms with Crippen molar-refractivity contribution in [1.29, 1.82) is 0 Å². The molecule has 0 aliphatic rings. The van der Waals surface area contributed by atoms with E-state index >= 15 is 0 Å². The van der Waals surface area contributed by atoms with Crippen LogP contribution in [0.2, 0.25) is 0 Å². The monoisotopic (exact) mass is 389 g/mol. The summed E-state index contributed by atoms with van der Waals surface area (Å²) < 4.78 is 1.56. The van der Waals surface area contributed by atoms with E-state index in [0.717, 1.165) is 16.6 Å². The molecule has 0 aliphatic carbocycles. The van der Waals surface area contributed by atoms with Crippen molar-refractivity contribution in [3.8, 4) is 0 Å². The summed E-state index contributed by atoms with van der Waals surface area (Å²) in [4.78, 5) is 33.6. The first-order chi connectivity index (χ1) is 13.6. The molecule has 4 aromatic rings. The quantitative estimate of drug-likeness (QED) is 0.230. The van der Waals surface area contributed by atoms with Crippen LogP contribution in [0.5, 0.6) is 0 Å². The van der Waals surface area contributed by atoms with Crippen molar-refractivity contribution in [3.05, 3.63) is 82.8 Å². The number of allylic oxidation sites excluding steroid dienone is 1. The predicted molar refractivity (Wildman–Crippen MR) is 114 cm³/mol. The number of para-hydroxylation sites is 2. The number of nitrogens with one attached hydrogen (secondary N) is 1. The molecule has 0 atom stereocenters. The highest BCUT2D eigenvalue weighted by molar-refractivity contribution is 7.99. The number of H-pyrrole nitrogens is 1. The minimum atomic E-state index is -0.122. The van der Waals surface area contributed by atoms with Gasteiger partial charge in [-0.05, 0) is 25.1 Å². The van der Waals surface area contributed by atoms with Gasteiger partial charge in [-0.25, -0.2) is 4.98 Å². The van der Waals surface area contributed by atoms with Gasteiger partial charge < -0.3 is 4.98 Å². The zero-order valence-electron chi connectivity index (χ0n) is 15.4. The highest BCUT2D eigenvalue weighted by atomic mass is 32.2. The lowest BCUT2D eigenvalue weighted by Crippen LogP contribution is -2.23. The molecule has 0 amide bonds. The van der Waals surface area contributed by atoms with Gasteiger partial charge in [0.2, 0.25) is 0 Å². The van der Waals surface area contributed by atoms with Gasteiger partial charge in [0.15, 0.2) is 10.9 Å². The molecular weight excluding hydrogens is 370 g/mol. The third-order valence-corrected chi connectivity index (χ3v) is 5.62. The van der Waals surface area contributed by atoms with Gasteiger partial charge in [-0.2, -0.15) is 0 Å². The van der Waals surface area contributed by atoms with Crippen LogP contribution >= 0.6 is 11.8 Å². The summed E-state index contributed by atoms with van der Waals surface area (Å²) in [6.45, 7) is 5.98. The van der Waals surface area contributed by atoms with E-state index in [1.165, 1.54) is 11.8 Å². The van der Waals surface area contributed by atoms with Crippen LogP contribution in [0.3, 0.4) is 0 Å². The number of carbonyl (C=O) groups is 1. The molecule has 0 fully saturated rings. The number of rotatable bonds is 6. The Kier molecular flexibility index (Phi) is 4.88. The van der Waals surface area contributed by atoms with Crippen LogP contribution < -0.4 is 5.56 Å². The number of carbonyl (C=O) groups excluding carboxylic acids is 1. The Morgan fingerprint density at radius 2 is 1.89 bits per heavy atom. The summed E-state index contributed by atoms with van der Waals surface area (Å²) in [5.74, 6) is 0.206. The van der Waals surface area contributed by atoms with Crippen molar-refractivity contribution in [3.63, 3.8) is 0 Å². The number of thioether (sulfide) groups is 1. The standard InChI is InChI=1S/C22H19N3O2S/c1-3-12-25-21(27)16-9-5-7-11-18(16)24-22(25)28-13-19(26)20-14(2)23-17-10-6-4-8-15(17)20/h3-11,23H,1,12-13H2,2H3. The third-order valence-electron chi connectivity index (χ3n) is 4.64. The molecular formula is C22H19N3O2S. The third kappa shape index (κ3) is 3.16. The van der Waals surface area contributed by atoms with Crippen LogP contribution in [0, 0.1) is 6.92 Å². The maximum absolute atomic E-state index is 13.0. The molecule has 0 radical (unpaired) electrons. The minimum Gasteiger partial charge on any atom is -0.358 e. The number of nitrogens with zero attached hydrogens (tertiary/aromatic N) is 2. The van der Waals surface area contributed by atoms with Gasteiger partial charge in [-0.1, -0.05) is 48.2 Å². The highest BCUT2D eigenvalue weighted by Gasteiger charge is 2.18. The Morgan fingerprint density at radius 3 is 2.68 bits per heavy atom. The fourth-order valence-corrected chi connectivity index (χ4v) is 4.27. The summed E-state index contributed by atoms with van der Waals surface area (Å²) in [6.07, 6.45) is 1.66. The average Bonchev–Trinajstić information content (AvgIpc) is 3.04. The largest absolute Gasteiger partial charge is 0.358 e. The summed E-state index contributed by atoms with van der Waals surface area (Å²) in [5.41, 5.74) is 3.00. The number of aromatic amines is 1. The predicted octanol–water partition coefficient (Wildman–Crippen LogP) is 4.35. The lowest BCUT2D eigenvalue weighted by Gasteiger charge is -2.11. The van der Waals surface area contributed by atoms with E-state index in [1.807, 2.05) is 49.4 Å². The number of ketones is 1. The first-order valence-electron chi connectivity index (χ1n) is 8.94. The zero-order valence-corrected chi connectivity index (χ0v) is 16.3. The lowest BCUT2D eigenvalue weighted by molar-refractivity contribution is 0.102. The van der Waals surface area contributed by atoms with Crippen LogP contribution in [-0.4, -0.2) is 26.1 Å². The van der Waals surface area contributed by atoms with Crippen molar-refractivity contribution in [1.82, 2.24) is 14.5 Å². The van der Waals surface area contributed by atoms with Crippen LogP contribution in [0.25, 0.3) is 21.8 Å². The van der Waals surface area contributed by atoms with Crippen LogP contribution in [-0.2, 0) is 6.54 Å². The van der Waals surface area contributed by atoms with Crippen molar-refractivity contribution in [2.75, 3.05) is 5.75 Å². The van der Waals surface area contributed by atoms with E-state index < -0.39 is 0 Å². The second-order valence-corrected chi connectivity index (χ2v) is 7.44.